The number of hydrogen-bond donors (Lipinski definition) is 1. The van der Waals surface area contributed by atoms with Gasteiger partial charge in [0.1, 0.15) is 0 Å². The van der Waals surface area contributed by atoms with Crippen molar-refractivity contribution in [2.75, 3.05) is 0 Å². The highest BCUT2D eigenvalue weighted by atomic mass is 32.2. The molecule has 7 nitrogen and oxygen atoms in total. The van der Waals surface area contributed by atoms with Crippen molar-refractivity contribution in [3.63, 3.8) is 0 Å². The molecule has 3 aromatic carbocycles. The summed E-state index contributed by atoms with van der Waals surface area (Å²) in [5.41, 5.74) is 4.33. The Morgan fingerprint density at radius 3 is 2.37 bits per heavy atom. The van der Waals surface area contributed by atoms with Crippen LogP contribution >= 0.6 is 11.8 Å². The molecule has 0 spiro atoms. The number of carbonyl (C=O) groups excluding carboxylic acids is 1. The Hall–Kier alpha value is -3.91. The molecule has 2 aromatic heterocycles. The summed E-state index contributed by atoms with van der Waals surface area (Å²) in [4.78, 5) is 26.4. The van der Waals surface area contributed by atoms with Gasteiger partial charge in [-0.05, 0) is 49.6 Å². The van der Waals surface area contributed by atoms with E-state index < -0.39 is 5.25 Å². The maximum Gasteiger partial charge on any atom is 0.267 e. The van der Waals surface area contributed by atoms with Crippen LogP contribution in [0.4, 0.5) is 0 Å². The largest absolute Gasteiger partial charge is 0.351 e. The zero-order chi connectivity index (χ0) is 24.5. The highest BCUT2D eigenvalue weighted by molar-refractivity contribution is 8.00. The minimum absolute atomic E-state index is 0.0945. The van der Waals surface area contributed by atoms with Crippen molar-refractivity contribution in [3.05, 3.63) is 99.8 Å². The zero-order valence-electron chi connectivity index (χ0n) is 19.7. The van der Waals surface area contributed by atoms with Gasteiger partial charge in [-0.3, -0.25) is 14.0 Å². The predicted molar refractivity (Wildman–Crippen MR) is 139 cm³/mol. The summed E-state index contributed by atoms with van der Waals surface area (Å²) in [6.45, 7) is 6.26. The zero-order valence-corrected chi connectivity index (χ0v) is 20.5. The number of amides is 1. The van der Waals surface area contributed by atoms with E-state index in [2.05, 4.69) is 15.5 Å². The molecule has 8 heteroatoms. The third-order valence-corrected chi connectivity index (χ3v) is 7.06. The highest BCUT2D eigenvalue weighted by Crippen LogP contribution is 2.27. The summed E-state index contributed by atoms with van der Waals surface area (Å²) in [7, 11) is 0. The minimum Gasteiger partial charge on any atom is -0.351 e. The summed E-state index contributed by atoms with van der Waals surface area (Å²) in [6, 6.07) is 23.1. The summed E-state index contributed by atoms with van der Waals surface area (Å²) in [5.74, 6) is 0.327. The van der Waals surface area contributed by atoms with Gasteiger partial charge in [0, 0.05) is 6.54 Å². The van der Waals surface area contributed by atoms with Gasteiger partial charge in [0.05, 0.1) is 21.8 Å². The van der Waals surface area contributed by atoms with Gasteiger partial charge in [-0.2, -0.15) is 0 Å². The molecule has 0 saturated carbocycles. The van der Waals surface area contributed by atoms with Crippen LogP contribution in [0.1, 0.15) is 23.6 Å². The Balaban J connectivity index is 1.57. The second-order valence-corrected chi connectivity index (χ2v) is 9.79. The number of benzene rings is 3. The fourth-order valence-electron chi connectivity index (χ4n) is 4.26. The average Bonchev–Trinajstić information content (AvgIpc) is 3.28. The fourth-order valence-corrected chi connectivity index (χ4v) is 5.14. The van der Waals surface area contributed by atoms with Crippen molar-refractivity contribution in [3.8, 4) is 5.69 Å². The molecule has 1 unspecified atom stereocenters. The van der Waals surface area contributed by atoms with E-state index in [9.17, 15) is 9.59 Å². The number of rotatable bonds is 6. The van der Waals surface area contributed by atoms with Crippen LogP contribution in [-0.2, 0) is 11.3 Å². The average molecular weight is 484 g/mol. The molecular formula is C27H25N5O2S. The molecule has 0 bridgehead atoms. The first kappa shape index (κ1) is 22.9. The lowest BCUT2D eigenvalue weighted by Crippen LogP contribution is -2.30. The number of para-hydroxylation sites is 2. The van der Waals surface area contributed by atoms with Crippen LogP contribution in [0.15, 0.2) is 82.7 Å². The third kappa shape index (κ3) is 4.21. The van der Waals surface area contributed by atoms with Crippen LogP contribution in [0.3, 0.4) is 0 Å². The van der Waals surface area contributed by atoms with Gasteiger partial charge in [0.15, 0.2) is 5.16 Å². The lowest BCUT2D eigenvalue weighted by atomic mass is 10.1. The first-order chi connectivity index (χ1) is 17.0. The van der Waals surface area contributed by atoms with Gasteiger partial charge < -0.3 is 5.32 Å². The number of carbonyl (C=O) groups is 1. The fraction of sp³-hybridized carbons (Fsp3) is 0.185. The van der Waals surface area contributed by atoms with E-state index in [0.717, 1.165) is 22.4 Å². The van der Waals surface area contributed by atoms with E-state index >= 15 is 0 Å². The summed E-state index contributed by atoms with van der Waals surface area (Å²) >= 11 is 1.32. The third-order valence-electron chi connectivity index (χ3n) is 6.02. The molecule has 0 aliphatic carbocycles. The van der Waals surface area contributed by atoms with E-state index in [1.54, 1.807) is 4.57 Å². The summed E-state index contributed by atoms with van der Waals surface area (Å²) in [6.07, 6.45) is 0. The molecule has 1 amide bonds. The van der Waals surface area contributed by atoms with E-state index in [1.807, 2.05) is 98.0 Å². The SMILES string of the molecule is Cc1cccc(C)c1-n1c(=O)c2ccccc2n2c(SC(C)C(=O)NCc3ccccc3)nnc12. The second kappa shape index (κ2) is 9.38. The smallest absolute Gasteiger partial charge is 0.267 e. The predicted octanol–water partition coefficient (Wildman–Crippen LogP) is 4.45. The Morgan fingerprint density at radius 1 is 0.943 bits per heavy atom. The number of thioether (sulfide) groups is 1. The molecule has 2 heterocycles. The summed E-state index contributed by atoms with van der Waals surface area (Å²) in [5, 5.41) is 12.5. The van der Waals surface area contributed by atoms with Gasteiger partial charge >= 0.3 is 0 Å². The Bertz CT molecular complexity index is 1590. The molecular weight excluding hydrogens is 458 g/mol. The van der Waals surface area contributed by atoms with Crippen LogP contribution in [-0.4, -0.2) is 30.3 Å². The van der Waals surface area contributed by atoms with E-state index in [-0.39, 0.29) is 11.5 Å². The van der Waals surface area contributed by atoms with Crippen LogP contribution in [0.25, 0.3) is 22.4 Å². The minimum atomic E-state index is -0.412. The van der Waals surface area contributed by atoms with Crippen molar-refractivity contribution in [1.82, 2.24) is 24.5 Å². The first-order valence-corrected chi connectivity index (χ1v) is 12.3. The maximum absolute atomic E-state index is 13.6. The van der Waals surface area contributed by atoms with Crippen LogP contribution < -0.4 is 10.9 Å². The van der Waals surface area contributed by atoms with Crippen molar-refractivity contribution in [1.29, 1.82) is 0 Å². The molecule has 0 aliphatic heterocycles. The Kier molecular flexibility index (Phi) is 6.13. The van der Waals surface area contributed by atoms with Crippen molar-refractivity contribution in [2.24, 2.45) is 0 Å². The normalized spacial score (nSPS) is 12.2. The lowest BCUT2D eigenvalue weighted by molar-refractivity contribution is -0.120. The maximum atomic E-state index is 13.6. The molecule has 0 aliphatic rings. The number of nitrogens with one attached hydrogen (secondary N) is 1. The number of fused-ring (bicyclic) bond motifs is 3. The molecule has 5 rings (SSSR count). The van der Waals surface area contributed by atoms with E-state index in [0.29, 0.717) is 28.4 Å². The molecule has 0 saturated heterocycles. The number of aryl methyl sites for hydroxylation is 2. The van der Waals surface area contributed by atoms with Crippen molar-refractivity contribution in [2.45, 2.75) is 37.7 Å². The molecule has 176 valence electrons. The van der Waals surface area contributed by atoms with Gasteiger partial charge in [-0.15, -0.1) is 10.2 Å². The molecule has 0 radical (unpaired) electrons. The number of nitrogens with zero attached hydrogens (tertiary/aromatic N) is 4. The lowest BCUT2D eigenvalue weighted by Gasteiger charge is -2.16. The quantitative estimate of drug-likeness (QED) is 0.361. The van der Waals surface area contributed by atoms with Crippen molar-refractivity contribution < 1.29 is 4.79 Å². The highest BCUT2D eigenvalue weighted by Gasteiger charge is 2.23. The molecule has 35 heavy (non-hydrogen) atoms. The molecule has 5 aromatic rings. The number of hydrogen-bond acceptors (Lipinski definition) is 5. The topological polar surface area (TPSA) is 81.3 Å². The molecule has 1 atom stereocenters. The Morgan fingerprint density at radius 2 is 1.63 bits per heavy atom. The second-order valence-electron chi connectivity index (χ2n) is 8.48. The van der Waals surface area contributed by atoms with Gasteiger partial charge in [0.2, 0.25) is 11.7 Å². The van der Waals surface area contributed by atoms with Crippen molar-refractivity contribution >= 4 is 34.3 Å². The Labute approximate surface area is 206 Å². The van der Waals surface area contributed by atoms with E-state index in [1.165, 1.54) is 11.8 Å². The van der Waals surface area contributed by atoms with Gasteiger partial charge in [0.25, 0.3) is 5.56 Å². The molecule has 1 N–H and O–H groups in total. The van der Waals surface area contributed by atoms with Gasteiger partial charge in [-0.25, -0.2) is 4.57 Å². The monoisotopic (exact) mass is 483 g/mol. The van der Waals surface area contributed by atoms with Crippen LogP contribution in [0.2, 0.25) is 0 Å². The van der Waals surface area contributed by atoms with Crippen LogP contribution in [0, 0.1) is 13.8 Å². The van der Waals surface area contributed by atoms with Gasteiger partial charge in [-0.1, -0.05) is 72.4 Å². The van der Waals surface area contributed by atoms with Crippen LogP contribution in [0.5, 0.6) is 0 Å². The summed E-state index contributed by atoms with van der Waals surface area (Å²) < 4.78 is 3.50. The standard InChI is InChI=1S/C27H25N5O2S/c1-17-10-9-11-18(2)23(17)32-25(34)21-14-7-8-15-22(21)31-26(32)29-30-27(31)35-19(3)24(33)28-16-20-12-5-4-6-13-20/h4-15,19H,16H2,1-3H3,(H,28,33). The van der Waals surface area contributed by atoms with E-state index in [4.69, 9.17) is 0 Å². The first-order valence-electron chi connectivity index (χ1n) is 11.4. The number of aromatic nitrogens is 4. The molecule has 0 fully saturated rings.